The van der Waals surface area contributed by atoms with E-state index in [0.29, 0.717) is 11.3 Å². The molecule has 0 spiro atoms. The molecule has 0 aliphatic heterocycles. The van der Waals surface area contributed by atoms with E-state index >= 15 is 0 Å². The molecule has 0 saturated heterocycles. The minimum atomic E-state index is -0.743. The van der Waals surface area contributed by atoms with Gasteiger partial charge in [0.2, 0.25) is 0 Å². The molecule has 0 unspecified atom stereocenters. The number of hydrogen-bond donors (Lipinski definition) is 1. The molecule has 2 aromatic rings. The number of aryl methyl sites for hydroxylation is 1. The molecule has 0 atom stereocenters. The molecule has 0 saturated carbocycles. The van der Waals surface area contributed by atoms with Crippen LogP contribution in [-0.4, -0.2) is 10.9 Å². The van der Waals surface area contributed by atoms with Gasteiger partial charge in [0.15, 0.2) is 0 Å². The Morgan fingerprint density at radius 1 is 1.29 bits per heavy atom. The van der Waals surface area contributed by atoms with Crippen molar-refractivity contribution in [1.29, 1.82) is 0 Å². The summed E-state index contributed by atoms with van der Waals surface area (Å²) in [4.78, 5) is 16.5. The molecular weight excluding hydrogens is 291 g/mol. The first-order chi connectivity index (χ1) is 9.79. The van der Waals surface area contributed by atoms with E-state index in [-0.39, 0.29) is 10.9 Å². The summed E-state index contributed by atoms with van der Waals surface area (Å²) in [5.41, 5.74) is 1.00. The normalized spacial score (nSPS) is 11.3. The van der Waals surface area contributed by atoms with Crippen molar-refractivity contribution in [2.24, 2.45) is 0 Å². The maximum absolute atomic E-state index is 13.1. The van der Waals surface area contributed by atoms with E-state index in [1.807, 2.05) is 13.0 Å². The number of halogens is 2. The molecule has 1 heterocycles. The lowest BCUT2D eigenvalue weighted by molar-refractivity contribution is 0.0906. The summed E-state index contributed by atoms with van der Waals surface area (Å²) in [6.45, 7) is 5.43. The van der Waals surface area contributed by atoms with E-state index in [1.165, 1.54) is 12.1 Å². The van der Waals surface area contributed by atoms with Crippen molar-refractivity contribution in [3.63, 3.8) is 0 Å². The Morgan fingerprint density at radius 2 is 2.00 bits per heavy atom. The molecule has 1 aromatic carbocycles. The van der Waals surface area contributed by atoms with Crippen LogP contribution in [0.25, 0.3) is 0 Å². The van der Waals surface area contributed by atoms with E-state index in [9.17, 15) is 9.18 Å². The third-order valence-corrected chi connectivity index (χ3v) is 3.46. The second kappa shape index (κ2) is 5.82. The van der Waals surface area contributed by atoms with Crippen molar-refractivity contribution in [2.45, 2.75) is 26.3 Å². The number of hydrogen-bond acceptors (Lipinski definition) is 2. The number of rotatable bonds is 3. The zero-order chi connectivity index (χ0) is 15.6. The highest BCUT2D eigenvalue weighted by Gasteiger charge is 2.26. The number of carbonyl (C=O) groups excluding carboxylic acids is 1. The average molecular weight is 307 g/mol. The number of pyridine rings is 1. The third kappa shape index (κ3) is 3.58. The molecule has 1 aromatic heterocycles. The van der Waals surface area contributed by atoms with Gasteiger partial charge in [-0.05, 0) is 50.6 Å². The Labute approximate surface area is 128 Å². The second-order valence-corrected chi connectivity index (χ2v) is 5.77. The first-order valence-corrected chi connectivity index (χ1v) is 6.89. The zero-order valence-corrected chi connectivity index (χ0v) is 12.8. The van der Waals surface area contributed by atoms with Crippen molar-refractivity contribution in [3.05, 3.63) is 64.2 Å². The highest BCUT2D eigenvalue weighted by atomic mass is 35.5. The molecule has 21 heavy (non-hydrogen) atoms. The molecule has 110 valence electrons. The van der Waals surface area contributed by atoms with E-state index in [1.54, 1.807) is 32.0 Å². The fourth-order valence-corrected chi connectivity index (χ4v) is 2.48. The molecule has 0 aliphatic carbocycles. The number of benzene rings is 1. The van der Waals surface area contributed by atoms with Gasteiger partial charge in [0, 0.05) is 10.7 Å². The van der Waals surface area contributed by atoms with Crippen LogP contribution in [0.3, 0.4) is 0 Å². The SMILES string of the molecule is Cc1cccc(C(=O)NC(C)(C)c2ccc(F)cc2Cl)n1. The van der Waals surface area contributed by atoms with Gasteiger partial charge < -0.3 is 5.32 Å². The number of aromatic nitrogens is 1. The maximum Gasteiger partial charge on any atom is 0.270 e. The highest BCUT2D eigenvalue weighted by molar-refractivity contribution is 6.31. The lowest BCUT2D eigenvalue weighted by Crippen LogP contribution is -2.41. The fraction of sp³-hybridized carbons (Fsp3) is 0.250. The quantitative estimate of drug-likeness (QED) is 0.936. The van der Waals surface area contributed by atoms with Crippen LogP contribution in [-0.2, 0) is 5.54 Å². The largest absolute Gasteiger partial charge is 0.342 e. The van der Waals surface area contributed by atoms with Crippen LogP contribution < -0.4 is 5.32 Å². The van der Waals surface area contributed by atoms with Crippen molar-refractivity contribution in [2.75, 3.05) is 0 Å². The molecule has 0 bridgehead atoms. The predicted octanol–water partition coefficient (Wildman–Crippen LogP) is 3.85. The van der Waals surface area contributed by atoms with E-state index < -0.39 is 11.4 Å². The van der Waals surface area contributed by atoms with Gasteiger partial charge in [-0.2, -0.15) is 0 Å². The Hall–Kier alpha value is -1.94. The minimum absolute atomic E-state index is 0.275. The number of nitrogens with one attached hydrogen (secondary N) is 1. The van der Waals surface area contributed by atoms with Gasteiger partial charge in [0.1, 0.15) is 11.5 Å². The van der Waals surface area contributed by atoms with E-state index in [0.717, 1.165) is 5.69 Å². The maximum atomic E-state index is 13.1. The summed E-state index contributed by atoms with van der Waals surface area (Å²) in [6.07, 6.45) is 0. The third-order valence-electron chi connectivity index (χ3n) is 3.15. The van der Waals surface area contributed by atoms with E-state index in [4.69, 9.17) is 11.6 Å². The van der Waals surface area contributed by atoms with Crippen molar-refractivity contribution in [3.8, 4) is 0 Å². The minimum Gasteiger partial charge on any atom is -0.342 e. The van der Waals surface area contributed by atoms with Gasteiger partial charge in [0.25, 0.3) is 5.91 Å². The van der Waals surface area contributed by atoms with Crippen LogP contribution in [0.2, 0.25) is 5.02 Å². The summed E-state index contributed by atoms with van der Waals surface area (Å²) in [5, 5.41) is 3.14. The standard InChI is InChI=1S/C16H16ClFN2O/c1-10-5-4-6-14(19-10)15(21)20-16(2,3)12-8-7-11(18)9-13(12)17/h4-9H,1-3H3,(H,20,21). The van der Waals surface area contributed by atoms with Gasteiger partial charge in [-0.3, -0.25) is 4.79 Å². The summed E-state index contributed by atoms with van der Waals surface area (Å²) in [7, 11) is 0. The van der Waals surface area contributed by atoms with Crippen LogP contribution in [0.4, 0.5) is 4.39 Å². The second-order valence-electron chi connectivity index (χ2n) is 5.37. The van der Waals surface area contributed by atoms with Gasteiger partial charge in [-0.15, -0.1) is 0 Å². The summed E-state index contributed by atoms with van der Waals surface area (Å²) < 4.78 is 13.1. The molecule has 3 nitrogen and oxygen atoms in total. The summed E-state index contributed by atoms with van der Waals surface area (Å²) in [5.74, 6) is -0.713. The van der Waals surface area contributed by atoms with Gasteiger partial charge in [-0.25, -0.2) is 9.37 Å². The lowest BCUT2D eigenvalue weighted by atomic mass is 9.94. The number of nitrogens with zero attached hydrogens (tertiary/aromatic N) is 1. The summed E-state index contributed by atoms with van der Waals surface area (Å²) in [6, 6.07) is 9.36. The van der Waals surface area contributed by atoms with E-state index in [2.05, 4.69) is 10.3 Å². The van der Waals surface area contributed by atoms with Crippen LogP contribution in [0.1, 0.15) is 35.6 Å². The topological polar surface area (TPSA) is 42.0 Å². The van der Waals surface area contributed by atoms with Crippen LogP contribution in [0.15, 0.2) is 36.4 Å². The summed E-state index contributed by atoms with van der Waals surface area (Å²) >= 11 is 6.06. The van der Waals surface area contributed by atoms with Crippen molar-refractivity contribution in [1.82, 2.24) is 10.3 Å². The predicted molar refractivity (Wildman–Crippen MR) is 80.9 cm³/mol. The van der Waals surface area contributed by atoms with Crippen LogP contribution in [0, 0.1) is 12.7 Å². The molecule has 0 aliphatic rings. The molecular formula is C16H16ClFN2O. The monoisotopic (exact) mass is 306 g/mol. The molecule has 1 amide bonds. The molecule has 5 heteroatoms. The molecule has 0 fully saturated rings. The lowest BCUT2D eigenvalue weighted by Gasteiger charge is -2.27. The fourth-order valence-electron chi connectivity index (χ4n) is 2.08. The Kier molecular flexibility index (Phi) is 4.28. The number of carbonyl (C=O) groups is 1. The Morgan fingerprint density at radius 3 is 2.62 bits per heavy atom. The van der Waals surface area contributed by atoms with Gasteiger partial charge in [-0.1, -0.05) is 23.7 Å². The van der Waals surface area contributed by atoms with Gasteiger partial charge in [0.05, 0.1) is 5.54 Å². The first kappa shape index (κ1) is 15.4. The van der Waals surface area contributed by atoms with Crippen LogP contribution in [0.5, 0.6) is 0 Å². The average Bonchev–Trinajstić information content (AvgIpc) is 2.37. The van der Waals surface area contributed by atoms with Crippen LogP contribution >= 0.6 is 11.6 Å². The number of amides is 1. The highest BCUT2D eigenvalue weighted by Crippen LogP contribution is 2.28. The molecule has 1 N–H and O–H groups in total. The Bertz CT molecular complexity index is 686. The Balaban J connectivity index is 2.26. The first-order valence-electron chi connectivity index (χ1n) is 6.51. The molecule has 0 radical (unpaired) electrons. The molecule has 2 rings (SSSR count). The van der Waals surface area contributed by atoms with Crippen molar-refractivity contribution >= 4 is 17.5 Å². The van der Waals surface area contributed by atoms with Gasteiger partial charge >= 0.3 is 0 Å². The smallest absolute Gasteiger partial charge is 0.270 e. The van der Waals surface area contributed by atoms with Crippen molar-refractivity contribution < 1.29 is 9.18 Å². The zero-order valence-electron chi connectivity index (χ0n) is 12.1.